The summed E-state index contributed by atoms with van der Waals surface area (Å²) >= 11 is 0. The van der Waals surface area contributed by atoms with Crippen molar-refractivity contribution in [3.8, 4) is 0 Å². The maximum absolute atomic E-state index is 9.22. The lowest BCUT2D eigenvalue weighted by molar-refractivity contribution is -0.517. The van der Waals surface area contributed by atoms with Gasteiger partial charge in [0, 0.05) is 13.0 Å². The van der Waals surface area contributed by atoms with Gasteiger partial charge in [0.05, 0.1) is 13.3 Å². The molecule has 2 aromatic rings. The Balaban J connectivity index is 0.000000187. The number of aromatic nitrogens is 2. The Bertz CT molecular complexity index is 562. The van der Waals surface area contributed by atoms with Crippen molar-refractivity contribution in [1.29, 1.82) is 0 Å². The molecule has 0 aliphatic rings. The van der Waals surface area contributed by atoms with Gasteiger partial charge in [-0.15, -0.1) is 0 Å². The maximum Gasteiger partial charge on any atom is 0.284 e. The summed E-state index contributed by atoms with van der Waals surface area (Å²) in [5.41, 5.74) is 2.37. The van der Waals surface area contributed by atoms with Gasteiger partial charge in [-0.3, -0.25) is 4.18 Å². The zero-order chi connectivity index (χ0) is 12.2. The molecule has 0 atom stereocenters. The summed E-state index contributed by atoms with van der Waals surface area (Å²) in [6.07, 6.45) is 4.04. The van der Waals surface area contributed by atoms with Crippen molar-refractivity contribution in [3.05, 3.63) is 36.3 Å². The summed E-state index contributed by atoms with van der Waals surface area (Å²) in [4.78, 5) is 3.15. The first-order valence-corrected chi connectivity index (χ1v) is 5.73. The molecule has 16 heavy (non-hydrogen) atoms. The van der Waals surface area contributed by atoms with Crippen LogP contribution in [0.25, 0.3) is 5.65 Å². The van der Waals surface area contributed by atoms with E-state index in [1.54, 1.807) is 0 Å². The van der Waals surface area contributed by atoms with Gasteiger partial charge in [0.15, 0.2) is 0 Å². The third-order valence-corrected chi connectivity index (χ3v) is 2.28. The number of H-pyrrole nitrogens is 1. The summed E-state index contributed by atoms with van der Waals surface area (Å²) in [6.45, 7) is 2.07. The third kappa shape index (κ3) is 3.61. The lowest BCUT2D eigenvalue weighted by atomic mass is 10.4. The first kappa shape index (κ1) is 12.6. The van der Waals surface area contributed by atoms with Crippen LogP contribution in [-0.2, 0) is 14.6 Å². The molecule has 88 valence electrons. The Morgan fingerprint density at radius 2 is 2.06 bits per heavy atom. The molecular weight excluding hydrogens is 232 g/mol. The molecule has 1 N–H and O–H groups in total. The fourth-order valence-electron chi connectivity index (χ4n) is 1.12. The Labute approximate surface area is 93.5 Å². The minimum Gasteiger partial charge on any atom is -0.726 e. The molecule has 0 fully saturated rings. The van der Waals surface area contributed by atoms with E-state index in [2.05, 4.69) is 20.5 Å². The monoisotopic (exact) mass is 244 g/mol. The van der Waals surface area contributed by atoms with Crippen molar-refractivity contribution in [2.24, 2.45) is 0 Å². The fourth-order valence-corrected chi connectivity index (χ4v) is 1.12. The number of hydrogen-bond acceptors (Lipinski definition) is 4. The van der Waals surface area contributed by atoms with Crippen LogP contribution < -0.4 is 4.40 Å². The summed E-state index contributed by atoms with van der Waals surface area (Å²) in [6, 6.07) is 6.09. The molecule has 0 bridgehead atoms. The zero-order valence-corrected chi connectivity index (χ0v) is 9.69. The van der Waals surface area contributed by atoms with Crippen molar-refractivity contribution in [2.75, 3.05) is 7.11 Å². The second kappa shape index (κ2) is 5.06. The van der Waals surface area contributed by atoms with E-state index in [0.717, 1.165) is 12.8 Å². The zero-order valence-electron chi connectivity index (χ0n) is 8.88. The lowest BCUT2D eigenvalue weighted by Gasteiger charge is -1.98. The van der Waals surface area contributed by atoms with Crippen LogP contribution in [0.3, 0.4) is 0 Å². The molecule has 0 radical (unpaired) electrons. The highest BCUT2D eigenvalue weighted by Crippen LogP contribution is 1.93. The van der Waals surface area contributed by atoms with Crippen LogP contribution in [0.4, 0.5) is 0 Å². The third-order valence-electron chi connectivity index (χ3n) is 1.87. The van der Waals surface area contributed by atoms with Gasteiger partial charge in [-0.05, 0) is 6.07 Å². The molecule has 2 aromatic heterocycles. The fraction of sp³-hybridized carbons (Fsp3) is 0.222. The number of nitrogens with zero attached hydrogens (tertiary/aromatic N) is 1. The Hall–Kier alpha value is -1.44. The number of imidazole rings is 1. The molecular formula is C9H12N2O4S. The quantitative estimate of drug-likeness (QED) is 0.439. The highest BCUT2D eigenvalue weighted by Gasteiger charge is 2.01. The van der Waals surface area contributed by atoms with Gasteiger partial charge in [0.1, 0.15) is 11.9 Å². The van der Waals surface area contributed by atoms with Crippen molar-refractivity contribution in [2.45, 2.75) is 6.92 Å². The molecule has 0 aliphatic carbocycles. The standard InChI is InChI=1S/C8H8N2.CH4O4S/c1-7-6-9-8-4-2-3-5-10(7)8;1-5-6(2,3)4/h2-6H,1H3;1H3,(H,2,3,4). The molecule has 6 nitrogen and oxygen atoms in total. The van der Waals surface area contributed by atoms with Gasteiger partial charge >= 0.3 is 0 Å². The first-order valence-electron chi connectivity index (χ1n) is 4.40. The first-order chi connectivity index (χ1) is 7.44. The minimum absolute atomic E-state index is 0.808. The van der Waals surface area contributed by atoms with Gasteiger partial charge in [-0.2, -0.15) is 0 Å². The SMILES string of the molecule is COS(=O)(=O)[O-].Cc1c[nH]c2cccc[n+]12. The van der Waals surface area contributed by atoms with Gasteiger partial charge in [-0.25, -0.2) is 17.8 Å². The number of aryl methyl sites for hydroxylation is 1. The summed E-state index contributed by atoms with van der Waals surface area (Å²) < 4.78 is 33.1. The van der Waals surface area contributed by atoms with E-state index in [4.69, 9.17) is 0 Å². The number of hydrogen-bond donors (Lipinski definition) is 1. The van der Waals surface area contributed by atoms with E-state index in [0.29, 0.717) is 0 Å². The van der Waals surface area contributed by atoms with E-state index < -0.39 is 10.4 Å². The predicted octanol–water partition coefficient (Wildman–Crippen LogP) is 0.155. The Kier molecular flexibility index (Phi) is 3.99. The van der Waals surface area contributed by atoms with Gasteiger partial charge in [0.25, 0.3) is 5.65 Å². The molecule has 2 heterocycles. The molecule has 0 amide bonds. The molecule has 0 saturated carbocycles. The largest absolute Gasteiger partial charge is 0.726 e. The number of nitrogens with one attached hydrogen (secondary N) is 1. The van der Waals surface area contributed by atoms with Crippen LogP contribution in [0, 0.1) is 6.92 Å². The predicted molar refractivity (Wildman–Crippen MR) is 55.4 cm³/mol. The molecule has 2 rings (SSSR count). The van der Waals surface area contributed by atoms with Crippen molar-refractivity contribution < 1.29 is 21.6 Å². The van der Waals surface area contributed by atoms with Crippen LogP contribution in [0.1, 0.15) is 5.69 Å². The molecule has 0 unspecified atom stereocenters. The van der Waals surface area contributed by atoms with E-state index in [-0.39, 0.29) is 0 Å². The molecule has 0 saturated heterocycles. The highest BCUT2D eigenvalue weighted by atomic mass is 32.3. The number of fused-ring (bicyclic) bond motifs is 1. The van der Waals surface area contributed by atoms with E-state index >= 15 is 0 Å². The average molecular weight is 244 g/mol. The van der Waals surface area contributed by atoms with E-state index in [9.17, 15) is 13.0 Å². The van der Waals surface area contributed by atoms with Crippen LogP contribution in [0.2, 0.25) is 0 Å². The second-order valence-corrected chi connectivity index (χ2v) is 4.11. The van der Waals surface area contributed by atoms with Crippen molar-refractivity contribution in [3.63, 3.8) is 0 Å². The Morgan fingerprint density at radius 3 is 2.56 bits per heavy atom. The Morgan fingerprint density at radius 1 is 1.44 bits per heavy atom. The van der Waals surface area contributed by atoms with E-state index in [1.807, 2.05) is 30.6 Å². The van der Waals surface area contributed by atoms with E-state index in [1.165, 1.54) is 5.69 Å². The topological polar surface area (TPSA) is 86.3 Å². The number of pyridine rings is 1. The minimum atomic E-state index is -4.41. The lowest BCUT2D eigenvalue weighted by Crippen LogP contribution is -2.20. The summed E-state index contributed by atoms with van der Waals surface area (Å²) in [5.74, 6) is 0. The van der Waals surface area contributed by atoms with Gasteiger partial charge in [0.2, 0.25) is 10.4 Å². The average Bonchev–Trinajstić information content (AvgIpc) is 2.61. The highest BCUT2D eigenvalue weighted by molar-refractivity contribution is 7.80. The number of aromatic amines is 1. The number of rotatable bonds is 1. The van der Waals surface area contributed by atoms with Crippen LogP contribution >= 0.6 is 0 Å². The maximum atomic E-state index is 9.22. The molecule has 0 aliphatic heterocycles. The van der Waals surface area contributed by atoms with Crippen molar-refractivity contribution in [1.82, 2.24) is 4.98 Å². The molecule has 0 spiro atoms. The van der Waals surface area contributed by atoms with Gasteiger partial charge in [-0.1, -0.05) is 6.07 Å². The smallest absolute Gasteiger partial charge is 0.284 e. The summed E-state index contributed by atoms with van der Waals surface area (Å²) in [5, 5.41) is 0. The summed E-state index contributed by atoms with van der Waals surface area (Å²) in [7, 11) is -3.60. The van der Waals surface area contributed by atoms with Crippen LogP contribution in [-0.4, -0.2) is 25.1 Å². The van der Waals surface area contributed by atoms with Crippen LogP contribution in [0.15, 0.2) is 30.6 Å². The van der Waals surface area contributed by atoms with Crippen LogP contribution in [0.5, 0.6) is 0 Å². The molecule has 7 heteroatoms. The van der Waals surface area contributed by atoms with Gasteiger partial charge < -0.3 is 4.55 Å². The van der Waals surface area contributed by atoms with Crippen molar-refractivity contribution >= 4 is 16.0 Å². The normalized spacial score (nSPS) is 10.9. The molecule has 0 aromatic carbocycles. The second-order valence-electron chi connectivity index (χ2n) is 2.96.